The highest BCUT2D eigenvalue weighted by Gasteiger charge is 2.29. The number of nitrogens with zero attached hydrogens (tertiary/aromatic N) is 1. The summed E-state index contributed by atoms with van der Waals surface area (Å²) < 4.78 is 16.3. The zero-order valence-corrected chi connectivity index (χ0v) is 20.6. The van der Waals surface area contributed by atoms with Crippen LogP contribution in [-0.4, -0.2) is 43.1 Å². The first-order chi connectivity index (χ1) is 17.1. The minimum Gasteiger partial charge on any atom is -0.497 e. The first kappa shape index (κ1) is 24.5. The third-order valence-electron chi connectivity index (χ3n) is 5.94. The lowest BCUT2D eigenvalue weighted by atomic mass is 9.90. The molecule has 2 atom stereocenters. The highest BCUT2D eigenvalue weighted by Crippen LogP contribution is 2.27. The number of thiazole rings is 1. The van der Waals surface area contributed by atoms with E-state index in [1.165, 1.54) is 11.3 Å². The fourth-order valence-electron chi connectivity index (χ4n) is 4.09. The first-order valence-corrected chi connectivity index (χ1v) is 12.4. The monoisotopic (exact) mass is 495 g/mol. The molecule has 9 heteroatoms. The van der Waals surface area contributed by atoms with E-state index in [0.29, 0.717) is 33.5 Å². The number of rotatable bonds is 9. The Bertz CT molecular complexity index is 1170. The molecule has 0 unspecified atom stereocenters. The van der Waals surface area contributed by atoms with Crippen LogP contribution in [0.1, 0.15) is 51.5 Å². The van der Waals surface area contributed by atoms with Crippen molar-refractivity contribution in [2.24, 2.45) is 0 Å². The molecule has 1 aliphatic carbocycles. The summed E-state index contributed by atoms with van der Waals surface area (Å²) in [6.07, 6.45) is 3.58. The van der Waals surface area contributed by atoms with Crippen LogP contribution in [0.5, 0.6) is 17.2 Å². The number of nitrogens with one attached hydrogen (secondary N) is 2. The molecule has 1 fully saturated rings. The highest BCUT2D eigenvalue weighted by molar-refractivity contribution is 7.09. The topological polar surface area (TPSA) is 98.8 Å². The van der Waals surface area contributed by atoms with Crippen LogP contribution < -0.4 is 24.8 Å². The van der Waals surface area contributed by atoms with Gasteiger partial charge in [-0.25, -0.2) is 4.98 Å². The van der Waals surface area contributed by atoms with Gasteiger partial charge in [0.05, 0.1) is 14.2 Å². The fraction of sp³-hybridized carbons (Fsp3) is 0.346. The number of amides is 2. The van der Waals surface area contributed by atoms with Gasteiger partial charge >= 0.3 is 0 Å². The summed E-state index contributed by atoms with van der Waals surface area (Å²) in [4.78, 5) is 30.2. The van der Waals surface area contributed by atoms with E-state index in [9.17, 15) is 9.59 Å². The molecule has 8 nitrogen and oxygen atoms in total. The largest absolute Gasteiger partial charge is 0.497 e. The van der Waals surface area contributed by atoms with Crippen LogP contribution in [0.4, 0.5) is 0 Å². The highest BCUT2D eigenvalue weighted by atomic mass is 32.1. The van der Waals surface area contributed by atoms with Gasteiger partial charge in [-0.2, -0.15) is 0 Å². The maximum atomic E-state index is 12.9. The maximum absolute atomic E-state index is 12.9. The first-order valence-electron chi connectivity index (χ1n) is 11.5. The van der Waals surface area contributed by atoms with Crippen LogP contribution in [0.25, 0.3) is 0 Å². The van der Waals surface area contributed by atoms with E-state index in [0.717, 1.165) is 25.7 Å². The molecular weight excluding hydrogens is 466 g/mol. The van der Waals surface area contributed by atoms with Gasteiger partial charge < -0.3 is 24.8 Å². The van der Waals surface area contributed by atoms with E-state index in [4.69, 9.17) is 14.2 Å². The van der Waals surface area contributed by atoms with Crippen LogP contribution in [0.15, 0.2) is 53.9 Å². The Morgan fingerprint density at radius 1 is 0.943 bits per heavy atom. The number of ether oxygens (including phenoxy) is 3. The molecular formula is C26H29N3O5S. The summed E-state index contributed by atoms with van der Waals surface area (Å²) in [5.74, 6) is 1.45. The molecule has 0 saturated heterocycles. The summed E-state index contributed by atoms with van der Waals surface area (Å²) in [5, 5.41) is 8.58. The number of hydrogen-bond donors (Lipinski definition) is 2. The zero-order chi connectivity index (χ0) is 24.6. The molecule has 184 valence electrons. The summed E-state index contributed by atoms with van der Waals surface area (Å²) in [6, 6.07) is 14.1. The molecule has 1 heterocycles. The van der Waals surface area contributed by atoms with Gasteiger partial charge in [0.15, 0.2) is 11.5 Å². The Morgan fingerprint density at radius 3 is 2.37 bits per heavy atom. The van der Waals surface area contributed by atoms with Crippen LogP contribution in [-0.2, 0) is 6.61 Å². The third-order valence-corrected chi connectivity index (χ3v) is 6.76. The molecule has 35 heavy (non-hydrogen) atoms. The van der Waals surface area contributed by atoms with Crippen molar-refractivity contribution in [2.75, 3.05) is 14.2 Å². The van der Waals surface area contributed by atoms with Gasteiger partial charge in [0.25, 0.3) is 11.8 Å². The van der Waals surface area contributed by atoms with E-state index in [2.05, 4.69) is 15.6 Å². The number of benzene rings is 2. The van der Waals surface area contributed by atoms with Gasteiger partial charge in [0.1, 0.15) is 23.1 Å². The normalized spacial score (nSPS) is 17.3. The van der Waals surface area contributed by atoms with Crippen LogP contribution in [0.2, 0.25) is 0 Å². The minimum absolute atomic E-state index is 0.154. The van der Waals surface area contributed by atoms with Gasteiger partial charge in [0.2, 0.25) is 0 Å². The molecule has 2 N–H and O–H groups in total. The lowest BCUT2D eigenvalue weighted by Gasteiger charge is -2.32. The summed E-state index contributed by atoms with van der Waals surface area (Å²) >= 11 is 1.37. The molecule has 0 spiro atoms. The molecule has 1 aliphatic rings. The van der Waals surface area contributed by atoms with Crippen molar-refractivity contribution in [2.45, 2.75) is 44.4 Å². The number of aromatic nitrogens is 1. The summed E-state index contributed by atoms with van der Waals surface area (Å²) in [6.45, 7) is 0.237. The fourth-order valence-corrected chi connectivity index (χ4v) is 4.78. The molecule has 3 aromatic rings. The smallest absolute Gasteiger partial charge is 0.271 e. The van der Waals surface area contributed by atoms with Crippen molar-refractivity contribution >= 4 is 23.2 Å². The molecule has 2 aromatic carbocycles. The molecule has 4 rings (SSSR count). The van der Waals surface area contributed by atoms with Gasteiger partial charge in [-0.05, 0) is 43.2 Å². The molecule has 0 aliphatic heterocycles. The number of hydrogen-bond acceptors (Lipinski definition) is 7. The Morgan fingerprint density at radius 2 is 1.66 bits per heavy atom. The maximum Gasteiger partial charge on any atom is 0.271 e. The Kier molecular flexibility index (Phi) is 8.20. The standard InChI is InChI=1S/C26H29N3O5S/c1-32-18-9-7-8-17(14-18)25(30)28-19-10-3-4-11-20(19)29-26(31)21-16-35-24(27-21)15-34-23-13-6-5-12-22(23)33-2/h5-9,12-14,16,19-20H,3-4,10-11,15H2,1-2H3,(H,28,30)(H,29,31)/t19-,20+/m1/s1. The quantitative estimate of drug-likeness (QED) is 0.461. The van der Waals surface area contributed by atoms with E-state index in [1.807, 2.05) is 24.3 Å². The van der Waals surface area contributed by atoms with E-state index in [1.54, 1.807) is 43.9 Å². The SMILES string of the molecule is COc1cccc(C(=O)N[C@@H]2CCCC[C@@H]2NC(=O)c2csc(COc3ccccc3OC)n2)c1. The third kappa shape index (κ3) is 6.30. The second-order valence-electron chi connectivity index (χ2n) is 8.24. The lowest BCUT2D eigenvalue weighted by Crippen LogP contribution is -2.53. The van der Waals surface area contributed by atoms with Gasteiger partial charge in [-0.1, -0.05) is 31.0 Å². The van der Waals surface area contributed by atoms with E-state index >= 15 is 0 Å². The Labute approximate surface area is 208 Å². The Balaban J connectivity index is 1.35. The summed E-state index contributed by atoms with van der Waals surface area (Å²) in [7, 11) is 3.16. The number of carbonyl (C=O) groups excluding carboxylic acids is 2. The number of methoxy groups -OCH3 is 2. The molecule has 1 aromatic heterocycles. The Hall–Kier alpha value is -3.59. The predicted molar refractivity (Wildman–Crippen MR) is 133 cm³/mol. The van der Waals surface area contributed by atoms with Crippen molar-refractivity contribution in [1.29, 1.82) is 0 Å². The van der Waals surface area contributed by atoms with E-state index in [-0.39, 0.29) is 30.5 Å². The van der Waals surface area contributed by atoms with Crippen LogP contribution in [0, 0.1) is 0 Å². The van der Waals surface area contributed by atoms with E-state index < -0.39 is 0 Å². The van der Waals surface area contributed by atoms with Crippen molar-refractivity contribution in [3.05, 3.63) is 70.2 Å². The van der Waals surface area contributed by atoms with Gasteiger partial charge in [0, 0.05) is 23.0 Å². The minimum atomic E-state index is -0.252. The lowest BCUT2D eigenvalue weighted by molar-refractivity contribution is 0.0860. The molecule has 0 bridgehead atoms. The van der Waals surface area contributed by atoms with Crippen molar-refractivity contribution in [1.82, 2.24) is 15.6 Å². The van der Waals surface area contributed by atoms with Crippen molar-refractivity contribution in [3.8, 4) is 17.2 Å². The predicted octanol–water partition coefficient (Wildman–Crippen LogP) is 4.21. The second kappa shape index (κ2) is 11.7. The zero-order valence-electron chi connectivity index (χ0n) is 19.8. The molecule has 2 amide bonds. The van der Waals surface area contributed by atoms with Gasteiger partial charge in [-0.15, -0.1) is 11.3 Å². The van der Waals surface area contributed by atoms with Crippen molar-refractivity contribution < 1.29 is 23.8 Å². The van der Waals surface area contributed by atoms with Crippen LogP contribution in [0.3, 0.4) is 0 Å². The van der Waals surface area contributed by atoms with Crippen molar-refractivity contribution in [3.63, 3.8) is 0 Å². The molecule has 1 saturated carbocycles. The number of carbonyl (C=O) groups is 2. The summed E-state index contributed by atoms with van der Waals surface area (Å²) in [5.41, 5.74) is 0.872. The number of para-hydroxylation sites is 2. The average Bonchev–Trinajstić information content (AvgIpc) is 3.38. The van der Waals surface area contributed by atoms with Crippen LogP contribution >= 0.6 is 11.3 Å². The average molecular weight is 496 g/mol. The second-order valence-corrected chi connectivity index (χ2v) is 9.18. The molecule has 0 radical (unpaired) electrons. The van der Waals surface area contributed by atoms with Gasteiger partial charge in [-0.3, -0.25) is 9.59 Å².